The molecule has 0 saturated heterocycles. The van der Waals surface area contributed by atoms with E-state index in [0.717, 1.165) is 15.2 Å². The number of aryl methyl sites for hydroxylation is 1. The van der Waals surface area contributed by atoms with E-state index >= 15 is 0 Å². The number of ether oxygens (including phenoxy) is 2. The number of thiazole rings is 1. The van der Waals surface area contributed by atoms with Crippen LogP contribution in [0.5, 0.6) is 5.75 Å². The quantitative estimate of drug-likeness (QED) is 0.462. The molecule has 134 valence electrons. The molecule has 0 aliphatic heterocycles. The summed E-state index contributed by atoms with van der Waals surface area (Å²) in [7, 11) is 1.54. The van der Waals surface area contributed by atoms with Crippen LogP contribution in [0.25, 0.3) is 10.2 Å². The molecule has 0 aliphatic carbocycles. The van der Waals surface area contributed by atoms with Gasteiger partial charge in [-0.05, 0) is 37.3 Å². The second kappa shape index (κ2) is 8.10. The Bertz CT molecular complexity index is 915. The number of methoxy groups -OCH3 is 1. The largest absolute Gasteiger partial charge is 0.496 e. The molecule has 0 N–H and O–H groups in total. The number of hydrogen-bond donors (Lipinski definition) is 0. The Morgan fingerprint density at radius 2 is 1.96 bits per heavy atom. The fourth-order valence-corrected chi connectivity index (χ4v) is 3.54. The SMILES string of the molecule is COc1ccc(C(C)=O)cc1COC(=O)CCc1nc2ccccc2s1. The highest BCUT2D eigenvalue weighted by Crippen LogP contribution is 2.23. The molecule has 26 heavy (non-hydrogen) atoms. The Morgan fingerprint density at radius 1 is 1.15 bits per heavy atom. The van der Waals surface area contributed by atoms with E-state index in [0.29, 0.717) is 23.3 Å². The molecule has 3 rings (SSSR count). The van der Waals surface area contributed by atoms with Crippen LogP contribution in [0.2, 0.25) is 0 Å². The summed E-state index contributed by atoms with van der Waals surface area (Å²) < 4.78 is 11.7. The van der Waals surface area contributed by atoms with Crippen LogP contribution in [0.3, 0.4) is 0 Å². The first kappa shape index (κ1) is 18.1. The molecule has 0 radical (unpaired) electrons. The second-order valence-corrected chi connectivity index (χ2v) is 6.93. The van der Waals surface area contributed by atoms with Gasteiger partial charge in [0.05, 0.1) is 28.8 Å². The van der Waals surface area contributed by atoms with Gasteiger partial charge in [0.25, 0.3) is 0 Å². The minimum atomic E-state index is -0.306. The zero-order valence-electron chi connectivity index (χ0n) is 14.7. The first-order valence-corrected chi connectivity index (χ1v) is 9.06. The Hall–Kier alpha value is -2.73. The predicted octanol–water partition coefficient (Wildman–Crippen LogP) is 4.18. The molecule has 0 bridgehead atoms. The maximum Gasteiger partial charge on any atom is 0.306 e. The van der Waals surface area contributed by atoms with Crippen molar-refractivity contribution in [2.75, 3.05) is 7.11 Å². The number of Topliss-reactive ketones (excluding diaryl/α,β-unsaturated/α-hetero) is 1. The van der Waals surface area contributed by atoms with Gasteiger partial charge in [0.15, 0.2) is 5.78 Å². The van der Waals surface area contributed by atoms with Crippen molar-refractivity contribution in [1.29, 1.82) is 0 Å². The maximum absolute atomic E-state index is 12.1. The molecule has 0 fully saturated rings. The predicted molar refractivity (Wildman–Crippen MR) is 101 cm³/mol. The molecule has 1 heterocycles. The van der Waals surface area contributed by atoms with Crippen LogP contribution in [0, 0.1) is 0 Å². The van der Waals surface area contributed by atoms with Crippen molar-refractivity contribution in [2.45, 2.75) is 26.4 Å². The van der Waals surface area contributed by atoms with Crippen molar-refractivity contribution in [3.8, 4) is 5.75 Å². The zero-order chi connectivity index (χ0) is 18.5. The monoisotopic (exact) mass is 369 g/mol. The van der Waals surface area contributed by atoms with Crippen LogP contribution in [0.4, 0.5) is 0 Å². The Labute approximate surface area is 155 Å². The highest BCUT2D eigenvalue weighted by atomic mass is 32.1. The summed E-state index contributed by atoms with van der Waals surface area (Å²) in [6, 6.07) is 13.0. The van der Waals surface area contributed by atoms with E-state index in [9.17, 15) is 9.59 Å². The lowest BCUT2D eigenvalue weighted by Gasteiger charge is -2.10. The standard InChI is InChI=1S/C20H19NO4S/c1-13(22)14-7-8-17(24-2)15(11-14)12-25-20(23)10-9-19-21-16-5-3-4-6-18(16)26-19/h3-8,11H,9-10,12H2,1-2H3. The lowest BCUT2D eigenvalue weighted by molar-refractivity contribution is -0.144. The van der Waals surface area contributed by atoms with Gasteiger partial charge in [-0.15, -0.1) is 11.3 Å². The smallest absolute Gasteiger partial charge is 0.306 e. The van der Waals surface area contributed by atoms with Gasteiger partial charge in [-0.2, -0.15) is 0 Å². The molecule has 0 saturated carbocycles. The molecule has 2 aromatic carbocycles. The van der Waals surface area contributed by atoms with Gasteiger partial charge in [-0.25, -0.2) is 4.98 Å². The number of para-hydroxylation sites is 1. The van der Waals surface area contributed by atoms with E-state index in [1.807, 2.05) is 24.3 Å². The summed E-state index contributed by atoms with van der Waals surface area (Å²) in [6.45, 7) is 1.57. The highest BCUT2D eigenvalue weighted by Gasteiger charge is 2.11. The summed E-state index contributed by atoms with van der Waals surface area (Å²) in [5.41, 5.74) is 2.19. The molecule has 0 aliphatic rings. The van der Waals surface area contributed by atoms with Crippen LogP contribution >= 0.6 is 11.3 Å². The number of ketones is 1. The van der Waals surface area contributed by atoms with Gasteiger partial charge in [-0.1, -0.05) is 12.1 Å². The average molecular weight is 369 g/mol. The molecular weight excluding hydrogens is 350 g/mol. The number of fused-ring (bicyclic) bond motifs is 1. The average Bonchev–Trinajstić information content (AvgIpc) is 3.07. The van der Waals surface area contributed by atoms with Crippen molar-refractivity contribution in [2.24, 2.45) is 0 Å². The molecule has 0 atom stereocenters. The Kier molecular flexibility index (Phi) is 5.63. The first-order chi connectivity index (χ1) is 12.6. The van der Waals surface area contributed by atoms with Gasteiger partial charge >= 0.3 is 5.97 Å². The molecule has 0 amide bonds. The Morgan fingerprint density at radius 3 is 2.69 bits per heavy atom. The van der Waals surface area contributed by atoms with Crippen LogP contribution in [0.1, 0.15) is 34.3 Å². The molecule has 0 unspecified atom stereocenters. The number of esters is 1. The van der Waals surface area contributed by atoms with Crippen molar-refractivity contribution in [3.05, 3.63) is 58.6 Å². The number of rotatable bonds is 7. The number of benzene rings is 2. The number of carbonyl (C=O) groups excluding carboxylic acids is 2. The fourth-order valence-electron chi connectivity index (χ4n) is 2.58. The Balaban J connectivity index is 1.58. The van der Waals surface area contributed by atoms with Crippen LogP contribution < -0.4 is 4.74 Å². The molecule has 1 aromatic heterocycles. The summed E-state index contributed by atoms with van der Waals surface area (Å²) in [4.78, 5) is 28.1. The third-order valence-corrected chi connectivity index (χ3v) is 5.05. The highest BCUT2D eigenvalue weighted by molar-refractivity contribution is 7.18. The van der Waals surface area contributed by atoms with Crippen molar-refractivity contribution in [1.82, 2.24) is 4.98 Å². The molecule has 0 spiro atoms. The van der Waals surface area contributed by atoms with E-state index in [1.54, 1.807) is 36.6 Å². The molecule has 5 nitrogen and oxygen atoms in total. The van der Waals surface area contributed by atoms with Gasteiger partial charge in [0.2, 0.25) is 0 Å². The zero-order valence-corrected chi connectivity index (χ0v) is 15.5. The van der Waals surface area contributed by atoms with Crippen molar-refractivity contribution >= 4 is 33.3 Å². The lowest BCUT2D eigenvalue weighted by atomic mass is 10.1. The number of aromatic nitrogens is 1. The third kappa shape index (κ3) is 4.26. The summed E-state index contributed by atoms with van der Waals surface area (Å²) in [5.74, 6) is 0.240. The first-order valence-electron chi connectivity index (χ1n) is 8.24. The minimum absolute atomic E-state index is 0.0453. The number of carbonyl (C=O) groups is 2. The van der Waals surface area contributed by atoms with Crippen LogP contribution in [0.15, 0.2) is 42.5 Å². The van der Waals surface area contributed by atoms with Crippen molar-refractivity contribution in [3.63, 3.8) is 0 Å². The van der Waals surface area contributed by atoms with Gasteiger partial charge < -0.3 is 9.47 Å². The van der Waals surface area contributed by atoms with Gasteiger partial charge in [-0.3, -0.25) is 9.59 Å². The van der Waals surface area contributed by atoms with Gasteiger partial charge in [0.1, 0.15) is 12.4 Å². The lowest BCUT2D eigenvalue weighted by Crippen LogP contribution is -2.07. The fraction of sp³-hybridized carbons (Fsp3) is 0.250. The van der Waals surface area contributed by atoms with E-state index in [-0.39, 0.29) is 24.8 Å². The topological polar surface area (TPSA) is 65.5 Å². The van der Waals surface area contributed by atoms with Crippen molar-refractivity contribution < 1.29 is 19.1 Å². The van der Waals surface area contributed by atoms with E-state index in [1.165, 1.54) is 6.92 Å². The summed E-state index contributed by atoms with van der Waals surface area (Å²) in [6.07, 6.45) is 0.803. The van der Waals surface area contributed by atoms with Crippen LogP contribution in [-0.2, 0) is 22.6 Å². The van der Waals surface area contributed by atoms with E-state index < -0.39 is 0 Å². The summed E-state index contributed by atoms with van der Waals surface area (Å²) in [5, 5.41) is 0.916. The third-order valence-electron chi connectivity index (χ3n) is 3.96. The van der Waals surface area contributed by atoms with Crippen LogP contribution in [-0.4, -0.2) is 23.8 Å². The molecule has 3 aromatic rings. The number of hydrogen-bond acceptors (Lipinski definition) is 6. The van der Waals surface area contributed by atoms with Gasteiger partial charge in [0, 0.05) is 17.5 Å². The minimum Gasteiger partial charge on any atom is -0.496 e. The number of nitrogens with zero attached hydrogens (tertiary/aromatic N) is 1. The van der Waals surface area contributed by atoms with E-state index in [2.05, 4.69) is 4.98 Å². The maximum atomic E-state index is 12.1. The summed E-state index contributed by atoms with van der Waals surface area (Å²) >= 11 is 1.59. The molecular formula is C20H19NO4S. The molecule has 6 heteroatoms. The second-order valence-electron chi connectivity index (χ2n) is 5.82. The normalized spacial score (nSPS) is 10.7. The van der Waals surface area contributed by atoms with E-state index in [4.69, 9.17) is 9.47 Å².